The maximum Gasteiger partial charge on any atom is 0.266 e. The van der Waals surface area contributed by atoms with Crippen LogP contribution in [0.2, 0.25) is 0 Å². The zero-order valence-corrected chi connectivity index (χ0v) is 17.9. The van der Waals surface area contributed by atoms with Gasteiger partial charge in [-0.05, 0) is 64.9 Å². The van der Waals surface area contributed by atoms with E-state index < -0.39 is 5.60 Å². The van der Waals surface area contributed by atoms with Crippen LogP contribution in [-0.4, -0.2) is 62.8 Å². The van der Waals surface area contributed by atoms with E-state index in [9.17, 15) is 4.79 Å². The third-order valence-electron chi connectivity index (χ3n) is 5.94. The van der Waals surface area contributed by atoms with Crippen molar-refractivity contribution in [2.24, 2.45) is 0 Å². The Morgan fingerprint density at radius 3 is 2.79 bits per heavy atom. The van der Waals surface area contributed by atoms with Crippen molar-refractivity contribution in [1.29, 1.82) is 0 Å². The first kappa shape index (κ1) is 19.9. The number of likely N-dealkylation sites (N-methyl/N-ethyl adjacent to an activating group) is 1. The summed E-state index contributed by atoms with van der Waals surface area (Å²) in [7, 11) is 2.16. The van der Waals surface area contributed by atoms with Gasteiger partial charge in [-0.2, -0.15) is 0 Å². The number of hydrogen-bond donors (Lipinski definition) is 0. The first-order valence-electron chi connectivity index (χ1n) is 10.5. The normalized spacial score (nSPS) is 20.4. The highest BCUT2D eigenvalue weighted by Gasteiger charge is 2.37. The summed E-state index contributed by atoms with van der Waals surface area (Å²) in [6, 6.07) is 7.80. The molecule has 0 bridgehead atoms. The van der Waals surface area contributed by atoms with Crippen LogP contribution in [0, 0.1) is 6.92 Å². The lowest BCUT2D eigenvalue weighted by Gasteiger charge is -2.35. The standard InChI is InChI=1S/C22H31N5O2/c1-16-7-5-9-18(13-16)29-22(2,3)21(28)26-11-12-27-19(15-26)23-24-20(27)17-8-6-10-25(4)14-17/h5,7,9,13,17H,6,8,10-12,14-15H2,1-4H3/t17-/m0/s1. The number of benzene rings is 1. The number of rotatable bonds is 4. The lowest BCUT2D eigenvalue weighted by atomic mass is 9.97. The molecule has 2 aliphatic rings. The molecule has 0 spiro atoms. The van der Waals surface area contributed by atoms with E-state index in [-0.39, 0.29) is 5.91 Å². The highest BCUT2D eigenvalue weighted by atomic mass is 16.5. The van der Waals surface area contributed by atoms with Crippen LogP contribution in [0.5, 0.6) is 5.75 Å². The summed E-state index contributed by atoms with van der Waals surface area (Å²) in [5.41, 5.74) is 0.169. The summed E-state index contributed by atoms with van der Waals surface area (Å²) in [4.78, 5) is 17.4. The number of fused-ring (bicyclic) bond motifs is 1. The Kier molecular flexibility index (Phi) is 5.34. The molecule has 156 valence electrons. The maximum atomic E-state index is 13.2. The SMILES string of the molecule is Cc1cccc(OC(C)(C)C(=O)N2CCn3c(nnc3[C@H]3CCCN(C)C3)C2)c1. The fourth-order valence-corrected chi connectivity index (χ4v) is 4.43. The molecule has 0 radical (unpaired) electrons. The van der Waals surface area contributed by atoms with Crippen molar-refractivity contribution in [1.82, 2.24) is 24.6 Å². The van der Waals surface area contributed by atoms with Gasteiger partial charge in [-0.15, -0.1) is 10.2 Å². The Hall–Kier alpha value is -2.41. The molecular weight excluding hydrogens is 366 g/mol. The maximum absolute atomic E-state index is 13.2. The van der Waals surface area contributed by atoms with Gasteiger partial charge in [0.1, 0.15) is 11.6 Å². The molecule has 3 heterocycles. The van der Waals surface area contributed by atoms with E-state index in [1.165, 1.54) is 6.42 Å². The number of aryl methyl sites for hydroxylation is 1. The Bertz CT molecular complexity index is 891. The topological polar surface area (TPSA) is 63.5 Å². The Balaban J connectivity index is 1.46. The Morgan fingerprint density at radius 2 is 2.03 bits per heavy atom. The zero-order chi connectivity index (χ0) is 20.6. The van der Waals surface area contributed by atoms with Gasteiger partial charge in [-0.25, -0.2) is 0 Å². The molecule has 1 saturated heterocycles. The van der Waals surface area contributed by atoms with E-state index in [0.717, 1.165) is 43.3 Å². The molecule has 7 nitrogen and oxygen atoms in total. The summed E-state index contributed by atoms with van der Waals surface area (Å²) in [5, 5.41) is 8.93. The minimum absolute atomic E-state index is 0.0211. The molecule has 1 fully saturated rings. The molecule has 1 atom stereocenters. The monoisotopic (exact) mass is 397 g/mol. The predicted octanol–water partition coefficient (Wildman–Crippen LogP) is 2.60. The quantitative estimate of drug-likeness (QED) is 0.794. The van der Waals surface area contributed by atoms with Crippen molar-refractivity contribution in [2.75, 3.05) is 26.7 Å². The van der Waals surface area contributed by atoms with Crippen LogP contribution in [0.4, 0.5) is 0 Å². The molecule has 7 heteroatoms. The van der Waals surface area contributed by atoms with Crippen LogP contribution in [0.1, 0.15) is 49.8 Å². The van der Waals surface area contributed by atoms with Crippen LogP contribution in [0.3, 0.4) is 0 Å². The molecule has 4 rings (SSSR count). The second-order valence-corrected chi connectivity index (χ2v) is 8.88. The number of carbonyl (C=O) groups excluding carboxylic acids is 1. The molecule has 0 N–H and O–H groups in total. The highest BCUT2D eigenvalue weighted by molar-refractivity contribution is 5.84. The van der Waals surface area contributed by atoms with Crippen molar-refractivity contribution in [3.05, 3.63) is 41.5 Å². The average Bonchev–Trinajstić information content (AvgIpc) is 3.10. The molecular formula is C22H31N5O2. The number of carbonyl (C=O) groups is 1. The van der Waals surface area contributed by atoms with Gasteiger partial charge in [0.15, 0.2) is 11.4 Å². The number of amides is 1. The van der Waals surface area contributed by atoms with E-state index >= 15 is 0 Å². The first-order valence-corrected chi connectivity index (χ1v) is 10.5. The molecule has 1 aromatic heterocycles. The third kappa shape index (κ3) is 4.15. The molecule has 1 amide bonds. The molecule has 1 aromatic carbocycles. The molecule has 29 heavy (non-hydrogen) atoms. The van der Waals surface area contributed by atoms with Gasteiger partial charge in [0, 0.05) is 25.6 Å². The Labute approximate surface area is 172 Å². The summed E-state index contributed by atoms with van der Waals surface area (Å²) < 4.78 is 8.28. The van der Waals surface area contributed by atoms with Gasteiger partial charge in [-0.3, -0.25) is 4.79 Å². The van der Waals surface area contributed by atoms with E-state index in [2.05, 4.69) is 26.7 Å². The third-order valence-corrected chi connectivity index (χ3v) is 5.94. The minimum Gasteiger partial charge on any atom is -0.478 e. The van der Waals surface area contributed by atoms with Crippen LogP contribution >= 0.6 is 0 Å². The smallest absolute Gasteiger partial charge is 0.266 e. The summed E-state index contributed by atoms with van der Waals surface area (Å²) in [6.45, 7) is 9.73. The molecule has 0 unspecified atom stereocenters. The summed E-state index contributed by atoms with van der Waals surface area (Å²) in [5.74, 6) is 3.07. The molecule has 0 saturated carbocycles. The van der Waals surface area contributed by atoms with Crippen LogP contribution in [0.15, 0.2) is 24.3 Å². The summed E-state index contributed by atoms with van der Waals surface area (Å²) in [6.07, 6.45) is 2.35. The first-order chi connectivity index (χ1) is 13.8. The number of likely N-dealkylation sites (tertiary alicyclic amines) is 1. The van der Waals surface area contributed by atoms with Crippen LogP contribution < -0.4 is 4.74 Å². The van der Waals surface area contributed by atoms with Gasteiger partial charge in [0.05, 0.1) is 6.54 Å². The number of hydrogen-bond acceptors (Lipinski definition) is 5. The van der Waals surface area contributed by atoms with E-state index in [4.69, 9.17) is 4.74 Å². The number of nitrogens with zero attached hydrogens (tertiary/aromatic N) is 5. The number of piperidine rings is 1. The van der Waals surface area contributed by atoms with Gasteiger partial charge in [-0.1, -0.05) is 12.1 Å². The van der Waals surface area contributed by atoms with Gasteiger partial charge >= 0.3 is 0 Å². The van der Waals surface area contributed by atoms with E-state index in [1.807, 2.05) is 49.9 Å². The van der Waals surface area contributed by atoms with Gasteiger partial charge in [0.2, 0.25) is 0 Å². The van der Waals surface area contributed by atoms with E-state index in [1.54, 1.807) is 0 Å². The number of ether oxygens (including phenoxy) is 1. The zero-order valence-electron chi connectivity index (χ0n) is 17.9. The molecule has 2 aliphatic heterocycles. The van der Waals surface area contributed by atoms with Crippen molar-refractivity contribution < 1.29 is 9.53 Å². The van der Waals surface area contributed by atoms with Gasteiger partial charge in [0.25, 0.3) is 5.91 Å². The van der Waals surface area contributed by atoms with Crippen molar-refractivity contribution in [2.45, 2.75) is 58.2 Å². The largest absolute Gasteiger partial charge is 0.478 e. The second kappa shape index (κ2) is 7.78. The van der Waals surface area contributed by atoms with Crippen molar-refractivity contribution in [3.8, 4) is 5.75 Å². The van der Waals surface area contributed by atoms with Gasteiger partial charge < -0.3 is 19.1 Å². The summed E-state index contributed by atoms with van der Waals surface area (Å²) >= 11 is 0. The lowest BCUT2D eigenvalue weighted by molar-refractivity contribution is -0.147. The minimum atomic E-state index is -0.940. The molecule has 0 aliphatic carbocycles. The lowest BCUT2D eigenvalue weighted by Crippen LogP contribution is -2.51. The fourth-order valence-electron chi connectivity index (χ4n) is 4.43. The van der Waals surface area contributed by atoms with Crippen LogP contribution in [0.25, 0.3) is 0 Å². The predicted molar refractivity (Wildman–Crippen MR) is 111 cm³/mol. The van der Waals surface area contributed by atoms with Crippen LogP contribution in [-0.2, 0) is 17.9 Å². The Morgan fingerprint density at radius 1 is 1.21 bits per heavy atom. The second-order valence-electron chi connectivity index (χ2n) is 8.88. The average molecular weight is 398 g/mol. The number of aromatic nitrogens is 3. The highest BCUT2D eigenvalue weighted by Crippen LogP contribution is 2.28. The molecule has 2 aromatic rings. The van der Waals surface area contributed by atoms with E-state index in [0.29, 0.717) is 24.8 Å². The van der Waals surface area contributed by atoms with Crippen molar-refractivity contribution in [3.63, 3.8) is 0 Å². The fraction of sp³-hybridized carbons (Fsp3) is 0.591. The van der Waals surface area contributed by atoms with Crippen molar-refractivity contribution >= 4 is 5.91 Å².